The Labute approximate surface area is 155 Å². The molecule has 1 amide bonds. The minimum Gasteiger partial charge on any atom is -0.480 e. The fourth-order valence-electron chi connectivity index (χ4n) is 3.07. The van der Waals surface area contributed by atoms with Crippen molar-refractivity contribution in [3.05, 3.63) is 77.4 Å². The number of fused-ring (bicyclic) bond motifs is 1. The number of hydrogen-bond acceptors (Lipinski definition) is 2. The van der Waals surface area contributed by atoms with Gasteiger partial charge in [-0.2, -0.15) is 0 Å². The molecule has 0 aliphatic heterocycles. The fourth-order valence-corrected chi connectivity index (χ4v) is 3.07. The highest BCUT2D eigenvalue weighted by atomic mass is 16.5. The average Bonchev–Trinajstić information content (AvgIpc) is 2.67. The van der Waals surface area contributed by atoms with Crippen molar-refractivity contribution in [1.82, 2.24) is 5.32 Å². The molecule has 0 spiro atoms. The van der Waals surface area contributed by atoms with E-state index in [9.17, 15) is 4.79 Å². The maximum absolute atomic E-state index is 12.6. The molecule has 0 radical (unpaired) electrons. The SMILES string of the molecule is CC[C@H](Oc1cccc(C)c1C)C(=O)NCc1cccc2ccccc12. The first-order chi connectivity index (χ1) is 12.6. The Morgan fingerprint density at radius 2 is 1.73 bits per heavy atom. The van der Waals surface area contributed by atoms with Crippen molar-refractivity contribution in [1.29, 1.82) is 0 Å². The number of rotatable bonds is 6. The largest absolute Gasteiger partial charge is 0.480 e. The summed E-state index contributed by atoms with van der Waals surface area (Å²) in [5, 5.41) is 5.38. The molecule has 0 aromatic heterocycles. The third-order valence-electron chi connectivity index (χ3n) is 4.82. The Kier molecular flexibility index (Phi) is 5.57. The highest BCUT2D eigenvalue weighted by Crippen LogP contribution is 2.23. The molecule has 1 N–H and O–H groups in total. The summed E-state index contributed by atoms with van der Waals surface area (Å²) in [5.74, 6) is 0.693. The van der Waals surface area contributed by atoms with Crippen LogP contribution >= 0.6 is 0 Å². The average molecular weight is 347 g/mol. The number of hydrogen-bond donors (Lipinski definition) is 1. The van der Waals surface area contributed by atoms with Crippen molar-refractivity contribution < 1.29 is 9.53 Å². The van der Waals surface area contributed by atoms with Crippen LogP contribution in [-0.2, 0) is 11.3 Å². The summed E-state index contributed by atoms with van der Waals surface area (Å²) in [6.07, 6.45) is 0.125. The van der Waals surface area contributed by atoms with Gasteiger partial charge in [-0.1, -0.05) is 61.5 Å². The second-order valence-corrected chi connectivity index (χ2v) is 6.57. The second-order valence-electron chi connectivity index (χ2n) is 6.57. The number of ether oxygens (including phenoxy) is 1. The van der Waals surface area contributed by atoms with Gasteiger partial charge in [-0.3, -0.25) is 4.79 Å². The van der Waals surface area contributed by atoms with Crippen LogP contribution in [-0.4, -0.2) is 12.0 Å². The summed E-state index contributed by atoms with van der Waals surface area (Å²) < 4.78 is 6.00. The number of benzene rings is 3. The van der Waals surface area contributed by atoms with E-state index in [4.69, 9.17) is 4.74 Å². The molecule has 3 aromatic rings. The van der Waals surface area contributed by atoms with Crippen LogP contribution in [0.3, 0.4) is 0 Å². The maximum atomic E-state index is 12.6. The maximum Gasteiger partial charge on any atom is 0.261 e. The molecule has 134 valence electrons. The smallest absolute Gasteiger partial charge is 0.261 e. The van der Waals surface area contributed by atoms with Gasteiger partial charge in [0.05, 0.1) is 0 Å². The summed E-state index contributed by atoms with van der Waals surface area (Å²) in [6, 6.07) is 20.3. The third kappa shape index (κ3) is 3.88. The number of amides is 1. The lowest BCUT2D eigenvalue weighted by Crippen LogP contribution is -2.37. The fraction of sp³-hybridized carbons (Fsp3) is 0.261. The lowest BCUT2D eigenvalue weighted by atomic mass is 10.0. The zero-order chi connectivity index (χ0) is 18.5. The Bertz CT molecular complexity index is 912. The number of carbonyl (C=O) groups excluding carboxylic acids is 1. The molecular weight excluding hydrogens is 322 g/mol. The van der Waals surface area contributed by atoms with E-state index >= 15 is 0 Å². The highest BCUT2D eigenvalue weighted by molar-refractivity contribution is 5.86. The molecule has 26 heavy (non-hydrogen) atoms. The molecule has 0 bridgehead atoms. The molecule has 3 heteroatoms. The first kappa shape index (κ1) is 18.0. The standard InChI is InChI=1S/C23H25NO2/c1-4-21(26-22-14-7-9-16(2)17(22)3)23(25)24-15-19-12-8-11-18-10-5-6-13-20(18)19/h5-14,21H,4,15H2,1-3H3,(H,24,25)/t21-/m0/s1. The summed E-state index contributed by atoms with van der Waals surface area (Å²) in [4.78, 5) is 12.6. The summed E-state index contributed by atoms with van der Waals surface area (Å²) in [5.41, 5.74) is 3.35. The van der Waals surface area contributed by atoms with Crippen LogP contribution in [0.15, 0.2) is 60.7 Å². The summed E-state index contributed by atoms with van der Waals surface area (Å²) in [6.45, 7) is 6.52. The van der Waals surface area contributed by atoms with Crippen molar-refractivity contribution in [2.45, 2.75) is 39.8 Å². The number of aryl methyl sites for hydroxylation is 1. The quantitative estimate of drug-likeness (QED) is 0.686. The highest BCUT2D eigenvalue weighted by Gasteiger charge is 2.19. The Morgan fingerprint density at radius 3 is 2.54 bits per heavy atom. The van der Waals surface area contributed by atoms with E-state index < -0.39 is 6.10 Å². The molecule has 0 unspecified atom stereocenters. The molecule has 0 aliphatic rings. The third-order valence-corrected chi connectivity index (χ3v) is 4.82. The Morgan fingerprint density at radius 1 is 1.00 bits per heavy atom. The Hall–Kier alpha value is -2.81. The molecule has 0 fully saturated rings. The van der Waals surface area contributed by atoms with Crippen LogP contribution in [0.1, 0.15) is 30.0 Å². The van der Waals surface area contributed by atoms with E-state index in [1.54, 1.807) is 0 Å². The topological polar surface area (TPSA) is 38.3 Å². The van der Waals surface area contributed by atoms with Crippen LogP contribution in [0.4, 0.5) is 0 Å². The van der Waals surface area contributed by atoms with Crippen LogP contribution in [0.2, 0.25) is 0 Å². The van der Waals surface area contributed by atoms with Gasteiger partial charge in [-0.05, 0) is 53.8 Å². The van der Waals surface area contributed by atoms with Crippen LogP contribution in [0, 0.1) is 13.8 Å². The van der Waals surface area contributed by atoms with E-state index in [1.165, 1.54) is 10.8 Å². The van der Waals surface area contributed by atoms with Gasteiger partial charge in [0.2, 0.25) is 0 Å². The summed E-state index contributed by atoms with van der Waals surface area (Å²) in [7, 11) is 0. The van der Waals surface area contributed by atoms with Crippen molar-refractivity contribution in [3.63, 3.8) is 0 Å². The van der Waals surface area contributed by atoms with E-state index in [1.807, 2.05) is 57.2 Å². The number of nitrogens with one attached hydrogen (secondary N) is 1. The molecule has 0 heterocycles. The van der Waals surface area contributed by atoms with Gasteiger partial charge in [0.15, 0.2) is 6.10 Å². The minimum absolute atomic E-state index is 0.0821. The number of carbonyl (C=O) groups is 1. The van der Waals surface area contributed by atoms with Gasteiger partial charge in [0.25, 0.3) is 5.91 Å². The molecule has 0 aliphatic carbocycles. The van der Waals surface area contributed by atoms with Gasteiger partial charge >= 0.3 is 0 Å². The van der Waals surface area contributed by atoms with Crippen molar-refractivity contribution in [3.8, 4) is 5.75 Å². The monoisotopic (exact) mass is 347 g/mol. The molecular formula is C23H25NO2. The Balaban J connectivity index is 1.70. The van der Waals surface area contributed by atoms with E-state index in [2.05, 4.69) is 29.6 Å². The molecule has 3 rings (SSSR count). The summed E-state index contributed by atoms with van der Waals surface area (Å²) >= 11 is 0. The molecule has 3 aromatic carbocycles. The van der Waals surface area contributed by atoms with Crippen LogP contribution < -0.4 is 10.1 Å². The van der Waals surface area contributed by atoms with Crippen molar-refractivity contribution in [2.75, 3.05) is 0 Å². The molecule has 1 atom stereocenters. The van der Waals surface area contributed by atoms with Gasteiger partial charge in [-0.15, -0.1) is 0 Å². The first-order valence-electron chi connectivity index (χ1n) is 9.07. The van der Waals surface area contributed by atoms with Gasteiger partial charge in [-0.25, -0.2) is 0 Å². The van der Waals surface area contributed by atoms with E-state index in [0.29, 0.717) is 13.0 Å². The zero-order valence-corrected chi connectivity index (χ0v) is 15.6. The van der Waals surface area contributed by atoms with Crippen LogP contribution in [0.25, 0.3) is 10.8 Å². The normalized spacial score (nSPS) is 12.0. The zero-order valence-electron chi connectivity index (χ0n) is 15.6. The second kappa shape index (κ2) is 8.05. The predicted molar refractivity (Wildman–Crippen MR) is 106 cm³/mol. The minimum atomic E-state index is -0.495. The van der Waals surface area contributed by atoms with Gasteiger partial charge < -0.3 is 10.1 Å². The van der Waals surface area contributed by atoms with Crippen molar-refractivity contribution >= 4 is 16.7 Å². The lowest BCUT2D eigenvalue weighted by Gasteiger charge is -2.19. The molecule has 0 saturated carbocycles. The molecule has 3 nitrogen and oxygen atoms in total. The predicted octanol–water partition coefficient (Wildman–Crippen LogP) is 4.93. The first-order valence-corrected chi connectivity index (χ1v) is 9.07. The van der Waals surface area contributed by atoms with Gasteiger partial charge in [0.1, 0.15) is 5.75 Å². The van der Waals surface area contributed by atoms with E-state index in [-0.39, 0.29) is 5.91 Å². The van der Waals surface area contributed by atoms with Crippen LogP contribution in [0.5, 0.6) is 5.75 Å². The van der Waals surface area contributed by atoms with Gasteiger partial charge in [0, 0.05) is 6.54 Å². The molecule has 0 saturated heterocycles. The lowest BCUT2D eigenvalue weighted by molar-refractivity contribution is -0.128. The van der Waals surface area contributed by atoms with E-state index in [0.717, 1.165) is 22.4 Å². The van der Waals surface area contributed by atoms with Crippen molar-refractivity contribution in [2.24, 2.45) is 0 Å².